The van der Waals surface area contributed by atoms with Gasteiger partial charge in [-0.15, -0.1) is 11.3 Å². The number of imidazole rings is 1. The van der Waals surface area contributed by atoms with E-state index in [0.29, 0.717) is 0 Å². The van der Waals surface area contributed by atoms with Crippen molar-refractivity contribution in [1.29, 1.82) is 0 Å². The van der Waals surface area contributed by atoms with Crippen molar-refractivity contribution in [3.8, 4) is 33.0 Å². The van der Waals surface area contributed by atoms with E-state index in [0.717, 1.165) is 42.9 Å². The van der Waals surface area contributed by atoms with Crippen LogP contribution in [-0.4, -0.2) is 19.2 Å². The maximum atomic E-state index is 13.3. The summed E-state index contributed by atoms with van der Waals surface area (Å²) in [6, 6.07) is 14.3. The third kappa shape index (κ3) is 2.91. The minimum Gasteiger partial charge on any atom is -0.298 e. The fourth-order valence-electron chi connectivity index (χ4n) is 3.29. The molecular weight excluding hydrogens is 395 g/mol. The number of aryl methyl sites for hydroxylation is 1. The maximum absolute atomic E-state index is 13.3. The Morgan fingerprint density at radius 2 is 1.75 bits per heavy atom. The lowest BCUT2D eigenvalue weighted by Gasteiger charge is -2.06. The number of pyridine rings is 1. The largest absolute Gasteiger partial charge is 0.298 e. The van der Waals surface area contributed by atoms with Crippen LogP contribution in [0.3, 0.4) is 0 Å². The SMILES string of the molecule is Cn1cc(-c2ccc3ncc(-c4ccc(Cl)s4)n3c2)c(-c2ccc(F)cc2)n1. The monoisotopic (exact) mass is 408 g/mol. The fourth-order valence-corrected chi connectivity index (χ4v) is 4.35. The Kier molecular flexibility index (Phi) is 4.03. The molecule has 0 unspecified atom stereocenters. The standard InChI is InChI=1S/C21H14ClFN4S/c1-26-12-16(21(25-26)13-2-5-15(23)6-3-13)14-4-9-20-24-10-17(27(20)11-14)18-7-8-19(22)28-18/h2-12H,1H3. The zero-order valence-electron chi connectivity index (χ0n) is 14.8. The smallest absolute Gasteiger partial charge is 0.137 e. The summed E-state index contributed by atoms with van der Waals surface area (Å²) in [6.07, 6.45) is 5.87. The van der Waals surface area contributed by atoms with Gasteiger partial charge in [-0.3, -0.25) is 9.08 Å². The topological polar surface area (TPSA) is 35.1 Å². The van der Waals surface area contributed by atoms with E-state index in [-0.39, 0.29) is 5.82 Å². The van der Waals surface area contributed by atoms with E-state index in [2.05, 4.69) is 20.7 Å². The molecule has 1 aromatic carbocycles. The number of fused-ring (bicyclic) bond motifs is 1. The van der Waals surface area contributed by atoms with Crippen LogP contribution >= 0.6 is 22.9 Å². The number of nitrogens with zero attached hydrogens (tertiary/aromatic N) is 4. The quantitative estimate of drug-likeness (QED) is 0.371. The molecule has 5 rings (SSSR count). The molecule has 5 aromatic rings. The van der Waals surface area contributed by atoms with Crippen molar-refractivity contribution < 1.29 is 4.39 Å². The molecule has 4 aromatic heterocycles. The van der Waals surface area contributed by atoms with Crippen molar-refractivity contribution in [3.63, 3.8) is 0 Å². The molecule has 4 heterocycles. The summed E-state index contributed by atoms with van der Waals surface area (Å²) >= 11 is 7.63. The molecule has 0 bridgehead atoms. The van der Waals surface area contributed by atoms with E-state index >= 15 is 0 Å². The van der Waals surface area contributed by atoms with Gasteiger partial charge in [-0.1, -0.05) is 11.6 Å². The lowest BCUT2D eigenvalue weighted by atomic mass is 10.0. The second kappa shape index (κ2) is 6.58. The van der Waals surface area contributed by atoms with E-state index in [4.69, 9.17) is 11.6 Å². The van der Waals surface area contributed by atoms with Crippen LogP contribution in [-0.2, 0) is 7.05 Å². The van der Waals surface area contributed by atoms with Crippen molar-refractivity contribution in [1.82, 2.24) is 19.2 Å². The van der Waals surface area contributed by atoms with Gasteiger partial charge in [0.15, 0.2) is 0 Å². The van der Waals surface area contributed by atoms with Gasteiger partial charge in [-0.25, -0.2) is 9.37 Å². The van der Waals surface area contributed by atoms with Gasteiger partial charge in [0.25, 0.3) is 0 Å². The molecule has 0 aliphatic rings. The van der Waals surface area contributed by atoms with E-state index in [1.807, 2.05) is 43.7 Å². The Bertz CT molecular complexity index is 1300. The predicted octanol–water partition coefficient (Wildman–Crippen LogP) is 5.92. The van der Waals surface area contributed by atoms with Crippen LogP contribution in [0.4, 0.5) is 4.39 Å². The average Bonchev–Trinajstić information content (AvgIpc) is 3.39. The minimum absolute atomic E-state index is 0.264. The summed E-state index contributed by atoms with van der Waals surface area (Å²) in [4.78, 5) is 5.55. The second-order valence-corrected chi connectivity index (χ2v) is 8.18. The van der Waals surface area contributed by atoms with Gasteiger partial charge in [0.1, 0.15) is 17.2 Å². The molecule has 28 heavy (non-hydrogen) atoms. The molecule has 0 atom stereocenters. The van der Waals surface area contributed by atoms with Crippen LogP contribution in [0.5, 0.6) is 0 Å². The Labute approximate surface area is 169 Å². The van der Waals surface area contributed by atoms with Gasteiger partial charge in [-0.05, 0) is 48.5 Å². The van der Waals surface area contributed by atoms with Gasteiger partial charge in [0.2, 0.25) is 0 Å². The summed E-state index contributed by atoms with van der Waals surface area (Å²) in [5.41, 5.74) is 5.49. The molecule has 0 N–H and O–H groups in total. The lowest BCUT2D eigenvalue weighted by Crippen LogP contribution is -1.90. The van der Waals surface area contributed by atoms with Crippen LogP contribution in [0.2, 0.25) is 4.34 Å². The number of hydrogen-bond acceptors (Lipinski definition) is 3. The summed E-state index contributed by atoms with van der Waals surface area (Å²) in [5, 5.41) is 4.59. The summed E-state index contributed by atoms with van der Waals surface area (Å²) < 4.78 is 17.9. The Morgan fingerprint density at radius 3 is 2.50 bits per heavy atom. The van der Waals surface area contributed by atoms with Crippen molar-refractivity contribution >= 4 is 28.6 Å². The molecular formula is C21H14ClFN4S. The second-order valence-electron chi connectivity index (χ2n) is 6.47. The van der Waals surface area contributed by atoms with E-state index in [9.17, 15) is 4.39 Å². The zero-order valence-corrected chi connectivity index (χ0v) is 16.4. The first-order valence-corrected chi connectivity index (χ1v) is 9.81. The number of benzene rings is 1. The summed E-state index contributed by atoms with van der Waals surface area (Å²) in [7, 11) is 1.88. The van der Waals surface area contributed by atoms with Crippen LogP contribution in [0.15, 0.2) is 67.1 Å². The first kappa shape index (κ1) is 17.2. The summed E-state index contributed by atoms with van der Waals surface area (Å²) in [5.74, 6) is -0.264. The maximum Gasteiger partial charge on any atom is 0.137 e. The Hall–Kier alpha value is -2.96. The van der Waals surface area contributed by atoms with Crippen molar-refractivity contribution in [2.24, 2.45) is 7.05 Å². The summed E-state index contributed by atoms with van der Waals surface area (Å²) in [6.45, 7) is 0. The first-order valence-electron chi connectivity index (χ1n) is 8.61. The molecule has 0 saturated carbocycles. The average molecular weight is 409 g/mol. The highest BCUT2D eigenvalue weighted by atomic mass is 35.5. The van der Waals surface area contributed by atoms with Gasteiger partial charge < -0.3 is 0 Å². The number of halogens is 2. The van der Waals surface area contributed by atoms with Gasteiger partial charge in [0, 0.05) is 36.1 Å². The molecule has 0 radical (unpaired) electrons. The molecule has 4 nitrogen and oxygen atoms in total. The molecule has 0 saturated heterocycles. The third-order valence-corrected chi connectivity index (χ3v) is 5.84. The highest BCUT2D eigenvalue weighted by Crippen LogP contribution is 2.34. The van der Waals surface area contributed by atoms with Crippen LogP contribution in [0.25, 0.3) is 38.6 Å². The van der Waals surface area contributed by atoms with E-state index < -0.39 is 0 Å². The molecule has 138 valence electrons. The van der Waals surface area contributed by atoms with Gasteiger partial charge in [-0.2, -0.15) is 5.10 Å². The number of thiophene rings is 1. The van der Waals surface area contributed by atoms with Gasteiger partial charge in [0.05, 0.1) is 21.1 Å². The highest BCUT2D eigenvalue weighted by Gasteiger charge is 2.15. The van der Waals surface area contributed by atoms with Gasteiger partial charge >= 0.3 is 0 Å². The minimum atomic E-state index is -0.264. The fraction of sp³-hybridized carbons (Fsp3) is 0.0476. The third-order valence-electron chi connectivity index (χ3n) is 4.59. The number of hydrogen-bond donors (Lipinski definition) is 0. The van der Waals surface area contributed by atoms with Crippen LogP contribution in [0.1, 0.15) is 0 Å². The van der Waals surface area contributed by atoms with Crippen molar-refractivity contribution in [2.75, 3.05) is 0 Å². The van der Waals surface area contributed by atoms with Crippen molar-refractivity contribution in [2.45, 2.75) is 0 Å². The first-order chi connectivity index (χ1) is 13.6. The van der Waals surface area contributed by atoms with E-state index in [1.165, 1.54) is 23.5 Å². The van der Waals surface area contributed by atoms with Crippen LogP contribution in [0, 0.1) is 5.82 Å². The lowest BCUT2D eigenvalue weighted by molar-refractivity contribution is 0.628. The highest BCUT2D eigenvalue weighted by molar-refractivity contribution is 7.19. The normalized spacial score (nSPS) is 11.4. The number of rotatable bonds is 3. The molecule has 7 heteroatoms. The zero-order chi connectivity index (χ0) is 19.3. The molecule has 0 fully saturated rings. The van der Waals surface area contributed by atoms with Crippen molar-refractivity contribution in [3.05, 3.63) is 77.3 Å². The van der Waals surface area contributed by atoms with Crippen LogP contribution < -0.4 is 0 Å². The molecule has 0 amide bonds. The van der Waals surface area contributed by atoms with E-state index in [1.54, 1.807) is 16.8 Å². The predicted molar refractivity (Wildman–Crippen MR) is 111 cm³/mol. The Balaban J connectivity index is 1.67. The molecule has 0 aliphatic carbocycles. The molecule has 0 spiro atoms. The molecule has 0 aliphatic heterocycles. The number of aromatic nitrogens is 4. The Morgan fingerprint density at radius 1 is 0.964 bits per heavy atom.